The minimum Gasteiger partial charge on any atom is -0.472 e. The summed E-state index contributed by atoms with van der Waals surface area (Å²) in [6.07, 6.45) is 8.53. The molecule has 0 unspecified atom stereocenters. The van der Waals surface area contributed by atoms with Crippen molar-refractivity contribution in [2.45, 2.75) is 51.4 Å². The number of furan rings is 1. The molecule has 2 aliphatic heterocycles. The number of carbonyl (C=O) groups is 3. The average molecular weight is 438 g/mol. The lowest BCUT2D eigenvalue weighted by molar-refractivity contribution is -0.193. The van der Waals surface area contributed by atoms with Gasteiger partial charge in [-0.15, -0.1) is 0 Å². The van der Waals surface area contributed by atoms with E-state index in [1.54, 1.807) is 18.6 Å². The summed E-state index contributed by atoms with van der Waals surface area (Å²) in [7, 11) is 0. The highest BCUT2D eigenvalue weighted by Crippen LogP contribution is 2.68. The Bertz CT molecular complexity index is 1070. The fourth-order valence-electron chi connectivity index (χ4n) is 7.33. The zero-order chi connectivity index (χ0) is 22.4. The Kier molecular flexibility index (Phi) is 4.02. The Morgan fingerprint density at radius 3 is 2.78 bits per heavy atom. The van der Waals surface area contributed by atoms with Crippen LogP contribution in [0.2, 0.25) is 0 Å². The smallest absolute Gasteiger partial charge is 0.313 e. The van der Waals surface area contributed by atoms with E-state index in [-0.39, 0.29) is 42.2 Å². The minimum absolute atomic E-state index is 0.0488. The fourth-order valence-corrected chi connectivity index (χ4v) is 7.33. The average Bonchev–Trinajstić information content (AvgIpc) is 3.49. The number of esters is 2. The molecule has 5 aliphatic rings. The second kappa shape index (κ2) is 6.44. The van der Waals surface area contributed by atoms with Gasteiger partial charge in [0, 0.05) is 35.5 Å². The zero-order valence-corrected chi connectivity index (χ0v) is 18.3. The van der Waals surface area contributed by atoms with E-state index in [1.807, 2.05) is 13.0 Å². The van der Waals surface area contributed by atoms with Crippen molar-refractivity contribution in [3.05, 3.63) is 48.0 Å². The molecule has 0 spiro atoms. The maximum atomic E-state index is 13.4. The van der Waals surface area contributed by atoms with E-state index in [2.05, 4.69) is 13.0 Å². The third-order valence-electron chi connectivity index (χ3n) is 8.83. The van der Waals surface area contributed by atoms with E-state index in [4.69, 9.17) is 18.6 Å². The fraction of sp³-hybridized carbons (Fsp3) is 0.560. The molecule has 0 radical (unpaired) electrons. The van der Waals surface area contributed by atoms with Gasteiger partial charge in [-0.05, 0) is 29.7 Å². The first-order valence-corrected chi connectivity index (χ1v) is 11.2. The Labute approximate surface area is 185 Å². The number of ketones is 1. The number of fused-ring (bicyclic) bond motifs is 4. The van der Waals surface area contributed by atoms with E-state index in [0.717, 1.165) is 17.6 Å². The number of hydrogen-bond acceptors (Lipinski definition) is 7. The van der Waals surface area contributed by atoms with Crippen LogP contribution < -0.4 is 0 Å². The van der Waals surface area contributed by atoms with Crippen LogP contribution in [-0.4, -0.2) is 42.6 Å². The second-order valence-corrected chi connectivity index (χ2v) is 10.2. The van der Waals surface area contributed by atoms with Crippen LogP contribution >= 0.6 is 0 Å². The molecule has 168 valence electrons. The summed E-state index contributed by atoms with van der Waals surface area (Å²) in [4.78, 5) is 38.0. The Balaban J connectivity index is 1.51. The summed E-state index contributed by atoms with van der Waals surface area (Å²) >= 11 is 0. The van der Waals surface area contributed by atoms with Gasteiger partial charge in [-0.25, -0.2) is 0 Å². The molecule has 1 saturated carbocycles. The number of hydrogen-bond donors (Lipinski definition) is 0. The van der Waals surface area contributed by atoms with Crippen LogP contribution in [0, 0.1) is 28.6 Å². The standard InChI is InChI=1S/C25H26O7/c1-12(26)30-11-18-24(2)16-8-14(13-6-7-29-10-13)9-17(16)31-22(24)21-20-15(23(28)32-21)4-5-19(27)25(18,20)3/h4-8,10,14-15,17-18,20-22H,9,11H2,1-3H3/t14-,15+,17+,18-,20+,21+,22-,24+,25-/m1/s1. The molecule has 1 aromatic rings. The van der Waals surface area contributed by atoms with Gasteiger partial charge in [0.2, 0.25) is 0 Å². The Hall–Kier alpha value is -2.67. The van der Waals surface area contributed by atoms with E-state index < -0.39 is 34.9 Å². The highest BCUT2D eigenvalue weighted by atomic mass is 16.6. The zero-order valence-electron chi connectivity index (χ0n) is 18.3. The Morgan fingerprint density at radius 2 is 2.06 bits per heavy atom. The molecule has 0 amide bonds. The van der Waals surface area contributed by atoms with Gasteiger partial charge in [-0.3, -0.25) is 14.4 Å². The molecule has 6 rings (SSSR count). The van der Waals surface area contributed by atoms with Crippen molar-refractivity contribution >= 4 is 17.7 Å². The van der Waals surface area contributed by atoms with Gasteiger partial charge < -0.3 is 18.6 Å². The lowest BCUT2D eigenvalue weighted by atomic mass is 9.45. The maximum absolute atomic E-state index is 13.4. The first-order chi connectivity index (χ1) is 15.3. The Morgan fingerprint density at radius 1 is 1.25 bits per heavy atom. The molecular formula is C25H26O7. The van der Waals surface area contributed by atoms with E-state index in [9.17, 15) is 14.4 Å². The molecule has 9 atom stereocenters. The summed E-state index contributed by atoms with van der Waals surface area (Å²) in [6, 6.07) is 1.95. The quantitative estimate of drug-likeness (QED) is 0.529. The molecule has 3 fully saturated rings. The number of carbonyl (C=O) groups excluding carboxylic acids is 3. The molecule has 0 bridgehead atoms. The van der Waals surface area contributed by atoms with Crippen LogP contribution in [-0.2, 0) is 28.6 Å². The van der Waals surface area contributed by atoms with Crippen molar-refractivity contribution in [3.63, 3.8) is 0 Å². The minimum atomic E-state index is -0.913. The predicted octanol–water partition coefficient (Wildman–Crippen LogP) is 2.96. The van der Waals surface area contributed by atoms with Crippen molar-refractivity contribution in [1.82, 2.24) is 0 Å². The largest absolute Gasteiger partial charge is 0.472 e. The summed E-state index contributed by atoms with van der Waals surface area (Å²) in [5.41, 5.74) is 0.650. The van der Waals surface area contributed by atoms with E-state index in [1.165, 1.54) is 13.0 Å². The molecule has 3 heterocycles. The molecule has 2 saturated heterocycles. The maximum Gasteiger partial charge on any atom is 0.313 e. The van der Waals surface area contributed by atoms with Gasteiger partial charge in [-0.2, -0.15) is 0 Å². The summed E-state index contributed by atoms with van der Waals surface area (Å²) in [5.74, 6) is -1.77. The van der Waals surface area contributed by atoms with Gasteiger partial charge in [0.1, 0.15) is 12.2 Å². The van der Waals surface area contributed by atoms with Crippen LogP contribution in [0.5, 0.6) is 0 Å². The van der Waals surface area contributed by atoms with Crippen molar-refractivity contribution < 1.29 is 33.0 Å². The van der Waals surface area contributed by atoms with Crippen LogP contribution in [0.15, 0.2) is 46.8 Å². The van der Waals surface area contributed by atoms with Crippen molar-refractivity contribution in [2.24, 2.45) is 28.6 Å². The van der Waals surface area contributed by atoms with Crippen molar-refractivity contribution in [2.75, 3.05) is 6.61 Å². The summed E-state index contributed by atoms with van der Waals surface area (Å²) in [6.45, 7) is 5.46. The van der Waals surface area contributed by atoms with Crippen LogP contribution in [0.1, 0.15) is 38.7 Å². The molecule has 32 heavy (non-hydrogen) atoms. The molecule has 0 N–H and O–H groups in total. The molecular weight excluding hydrogens is 412 g/mol. The first-order valence-electron chi connectivity index (χ1n) is 11.2. The molecule has 7 nitrogen and oxygen atoms in total. The lowest BCUT2D eigenvalue weighted by Gasteiger charge is -2.57. The highest BCUT2D eigenvalue weighted by Gasteiger charge is 2.75. The number of rotatable bonds is 3. The second-order valence-electron chi connectivity index (χ2n) is 10.2. The van der Waals surface area contributed by atoms with Crippen LogP contribution in [0.25, 0.3) is 0 Å². The number of allylic oxidation sites excluding steroid dienone is 2. The highest BCUT2D eigenvalue weighted by molar-refractivity contribution is 5.99. The molecule has 3 aliphatic carbocycles. The lowest BCUT2D eigenvalue weighted by Crippen LogP contribution is -2.65. The van der Waals surface area contributed by atoms with Gasteiger partial charge in [0.15, 0.2) is 5.78 Å². The van der Waals surface area contributed by atoms with Gasteiger partial charge in [0.05, 0.1) is 31.2 Å². The van der Waals surface area contributed by atoms with E-state index in [0.29, 0.717) is 0 Å². The normalized spacial score (nSPS) is 45.7. The van der Waals surface area contributed by atoms with Gasteiger partial charge in [-0.1, -0.05) is 26.0 Å². The van der Waals surface area contributed by atoms with Crippen LogP contribution in [0.3, 0.4) is 0 Å². The van der Waals surface area contributed by atoms with E-state index >= 15 is 0 Å². The third kappa shape index (κ3) is 2.32. The first kappa shape index (κ1) is 20.0. The SMILES string of the molecule is CC(=O)OC[C@@H]1[C@]2(C)C3=C[C@@H](c4ccoc4)C[C@@H]3O[C@@H]2[C@H]2OC(=O)[C@H]3C=CC(=O)[C@]1(C)[C@H]23. The third-order valence-corrected chi connectivity index (χ3v) is 8.83. The van der Waals surface area contributed by atoms with Crippen LogP contribution in [0.4, 0.5) is 0 Å². The number of ether oxygens (including phenoxy) is 3. The predicted molar refractivity (Wildman–Crippen MR) is 110 cm³/mol. The van der Waals surface area contributed by atoms with Gasteiger partial charge in [0.25, 0.3) is 0 Å². The molecule has 1 aromatic heterocycles. The van der Waals surface area contributed by atoms with Crippen molar-refractivity contribution in [3.8, 4) is 0 Å². The molecule has 7 heteroatoms. The molecule has 0 aromatic carbocycles. The van der Waals surface area contributed by atoms with Crippen molar-refractivity contribution in [1.29, 1.82) is 0 Å². The summed E-state index contributed by atoms with van der Waals surface area (Å²) < 4.78 is 23.3. The monoisotopic (exact) mass is 438 g/mol. The van der Waals surface area contributed by atoms with Gasteiger partial charge >= 0.3 is 11.9 Å². The topological polar surface area (TPSA) is 92.0 Å². The summed E-state index contributed by atoms with van der Waals surface area (Å²) in [5, 5.41) is 0.